The molecule has 1 saturated heterocycles. The van der Waals surface area contributed by atoms with Crippen LogP contribution in [-0.2, 0) is 9.84 Å². The Kier molecular flexibility index (Phi) is 2.44. The molecule has 1 fully saturated rings. The molecule has 1 atom stereocenters. The van der Waals surface area contributed by atoms with Gasteiger partial charge in [-0.3, -0.25) is 10.2 Å². The van der Waals surface area contributed by atoms with E-state index in [9.17, 15) is 8.42 Å². The van der Waals surface area contributed by atoms with Crippen molar-refractivity contribution < 1.29 is 8.42 Å². The van der Waals surface area contributed by atoms with E-state index in [1.807, 2.05) is 0 Å². The highest BCUT2D eigenvalue weighted by atomic mass is 32.2. The van der Waals surface area contributed by atoms with Crippen LogP contribution in [0, 0.1) is 4.77 Å². The Morgan fingerprint density at radius 1 is 1.36 bits per heavy atom. The Balaban J connectivity index is 2.38. The molecule has 2 heterocycles. The number of hydrogen-bond acceptors (Lipinski definition) is 4. The summed E-state index contributed by atoms with van der Waals surface area (Å²) in [6.45, 7) is 0. The van der Waals surface area contributed by atoms with Crippen LogP contribution in [0.3, 0.4) is 0 Å². The fraction of sp³-hybridized carbons (Fsp3) is 0.714. The molecule has 2 rings (SSSR count). The predicted molar refractivity (Wildman–Crippen MR) is 54.2 cm³/mol. The second kappa shape index (κ2) is 3.47. The van der Waals surface area contributed by atoms with Crippen molar-refractivity contribution in [3.63, 3.8) is 0 Å². The molecule has 0 saturated carbocycles. The molecule has 1 unspecified atom stereocenters. The summed E-state index contributed by atoms with van der Waals surface area (Å²) in [7, 11) is -3.02. The van der Waals surface area contributed by atoms with Gasteiger partial charge in [0, 0.05) is 0 Å². The molecule has 0 radical (unpaired) electrons. The van der Waals surface area contributed by atoms with Crippen LogP contribution < -0.4 is 0 Å². The van der Waals surface area contributed by atoms with Gasteiger partial charge in [0.15, 0.2) is 9.84 Å². The molecule has 0 bridgehead atoms. The van der Waals surface area contributed by atoms with Crippen molar-refractivity contribution in [2.45, 2.75) is 24.5 Å². The summed E-state index contributed by atoms with van der Waals surface area (Å²) in [6, 6.07) is 0. The molecule has 0 spiro atoms. The van der Waals surface area contributed by atoms with Gasteiger partial charge in [0.2, 0.25) is 4.77 Å². The molecule has 1 aliphatic heterocycles. The topological polar surface area (TPSA) is 78.6 Å². The predicted octanol–water partition coefficient (Wildman–Crippen LogP) is 1.11. The van der Waals surface area contributed by atoms with Crippen molar-refractivity contribution in [2.75, 3.05) is 5.75 Å². The molecule has 0 aromatic carbocycles. The van der Waals surface area contributed by atoms with Crippen LogP contribution >= 0.6 is 12.2 Å². The number of hydrogen-bond donors (Lipinski definition) is 2. The highest BCUT2D eigenvalue weighted by Crippen LogP contribution is 2.30. The van der Waals surface area contributed by atoms with Crippen molar-refractivity contribution >= 4 is 22.1 Å². The first-order valence-corrected chi connectivity index (χ1v) is 6.58. The van der Waals surface area contributed by atoms with Crippen molar-refractivity contribution in [3.8, 4) is 0 Å². The van der Waals surface area contributed by atoms with Gasteiger partial charge in [0.25, 0.3) is 0 Å². The second-order valence-corrected chi connectivity index (χ2v) is 6.09. The first-order valence-electron chi connectivity index (χ1n) is 4.46. The molecule has 2 N–H and O–H groups in total. The lowest BCUT2D eigenvalue weighted by Crippen LogP contribution is -2.22. The van der Waals surface area contributed by atoms with Gasteiger partial charge in [-0.25, -0.2) is 13.4 Å². The summed E-state index contributed by atoms with van der Waals surface area (Å²) in [5.41, 5.74) is 0. The van der Waals surface area contributed by atoms with E-state index < -0.39 is 15.1 Å². The third kappa shape index (κ3) is 1.74. The Morgan fingerprint density at radius 3 is 2.71 bits per heavy atom. The quantitative estimate of drug-likeness (QED) is 0.712. The minimum absolute atomic E-state index is 0.255. The average molecular weight is 233 g/mol. The molecule has 1 aromatic rings. The number of nitrogens with zero attached hydrogens (tertiary/aromatic N) is 1. The SMILES string of the molecule is O=S1(=O)CCCCC1c1nc(=S)[nH][nH]1. The van der Waals surface area contributed by atoms with Crippen molar-refractivity contribution in [1.82, 2.24) is 15.2 Å². The van der Waals surface area contributed by atoms with Gasteiger partial charge in [-0.2, -0.15) is 0 Å². The molecule has 1 aromatic heterocycles. The first kappa shape index (κ1) is 9.85. The van der Waals surface area contributed by atoms with Crippen LogP contribution in [0.2, 0.25) is 0 Å². The highest BCUT2D eigenvalue weighted by molar-refractivity contribution is 7.91. The molecule has 7 heteroatoms. The monoisotopic (exact) mass is 233 g/mol. The Morgan fingerprint density at radius 2 is 2.14 bits per heavy atom. The third-order valence-electron chi connectivity index (χ3n) is 2.40. The molecule has 0 aliphatic carbocycles. The Labute approximate surface area is 86.9 Å². The number of aromatic nitrogens is 3. The lowest BCUT2D eigenvalue weighted by molar-refractivity contribution is 0.539. The van der Waals surface area contributed by atoms with Crippen LogP contribution in [0.5, 0.6) is 0 Å². The smallest absolute Gasteiger partial charge is 0.213 e. The van der Waals surface area contributed by atoms with Crippen LogP contribution in [0.25, 0.3) is 0 Å². The second-order valence-electron chi connectivity index (χ2n) is 3.40. The number of sulfone groups is 1. The molecule has 78 valence electrons. The summed E-state index contributed by atoms with van der Waals surface area (Å²) in [5.74, 6) is 0.709. The minimum atomic E-state index is -3.02. The van der Waals surface area contributed by atoms with E-state index in [1.54, 1.807) is 0 Å². The van der Waals surface area contributed by atoms with E-state index >= 15 is 0 Å². The van der Waals surface area contributed by atoms with Crippen LogP contribution in [0.15, 0.2) is 0 Å². The molecule has 5 nitrogen and oxygen atoms in total. The first-order chi connectivity index (χ1) is 6.59. The Bertz CT molecular complexity index is 473. The number of nitrogens with one attached hydrogen (secondary N) is 2. The van der Waals surface area contributed by atoms with Crippen LogP contribution in [-0.4, -0.2) is 29.4 Å². The van der Waals surface area contributed by atoms with Crippen LogP contribution in [0.4, 0.5) is 0 Å². The van der Waals surface area contributed by atoms with Gasteiger partial charge in [-0.1, -0.05) is 6.42 Å². The normalized spacial score (nSPS) is 26.1. The number of H-pyrrole nitrogens is 2. The van der Waals surface area contributed by atoms with E-state index in [4.69, 9.17) is 12.2 Å². The van der Waals surface area contributed by atoms with Gasteiger partial charge in [-0.05, 0) is 25.1 Å². The van der Waals surface area contributed by atoms with E-state index in [0.29, 0.717) is 17.0 Å². The Hall–Kier alpha value is -0.690. The van der Waals surface area contributed by atoms with Crippen molar-refractivity contribution in [2.24, 2.45) is 0 Å². The van der Waals surface area contributed by atoms with E-state index in [-0.39, 0.29) is 5.75 Å². The molecule has 14 heavy (non-hydrogen) atoms. The maximum Gasteiger partial charge on any atom is 0.213 e. The van der Waals surface area contributed by atoms with E-state index in [1.165, 1.54) is 0 Å². The zero-order valence-corrected chi connectivity index (χ0v) is 9.12. The van der Waals surface area contributed by atoms with Gasteiger partial charge < -0.3 is 0 Å². The number of rotatable bonds is 1. The minimum Gasteiger partial charge on any atom is -0.285 e. The average Bonchev–Trinajstić information content (AvgIpc) is 2.51. The summed E-state index contributed by atoms with van der Waals surface area (Å²) in [6.07, 6.45) is 2.32. The summed E-state index contributed by atoms with van der Waals surface area (Å²) in [5, 5.41) is 4.83. The van der Waals surface area contributed by atoms with Gasteiger partial charge in [0.05, 0.1) is 5.75 Å². The molecule has 1 aliphatic rings. The van der Waals surface area contributed by atoms with Gasteiger partial charge in [-0.15, -0.1) is 0 Å². The van der Waals surface area contributed by atoms with Crippen molar-refractivity contribution in [3.05, 3.63) is 10.6 Å². The summed E-state index contributed by atoms with van der Waals surface area (Å²) >= 11 is 4.78. The molecular formula is C7H11N3O2S2. The zero-order valence-electron chi connectivity index (χ0n) is 7.49. The largest absolute Gasteiger partial charge is 0.285 e. The van der Waals surface area contributed by atoms with Crippen LogP contribution in [0.1, 0.15) is 30.3 Å². The number of aromatic amines is 2. The standard InChI is InChI=1S/C7H11N3O2S2/c11-14(12)4-2-1-3-5(14)6-8-7(13)10-9-6/h5H,1-4H2,(H2,8,9,10,13). The third-order valence-corrected chi connectivity index (χ3v) is 4.78. The summed E-state index contributed by atoms with van der Waals surface area (Å²) < 4.78 is 23.7. The fourth-order valence-corrected chi connectivity index (χ4v) is 3.71. The molecule has 0 amide bonds. The van der Waals surface area contributed by atoms with E-state index in [2.05, 4.69) is 15.2 Å². The fourth-order valence-electron chi connectivity index (χ4n) is 1.70. The van der Waals surface area contributed by atoms with Gasteiger partial charge in [0.1, 0.15) is 11.1 Å². The lowest BCUT2D eigenvalue weighted by Gasteiger charge is -2.19. The maximum atomic E-state index is 11.7. The zero-order chi connectivity index (χ0) is 10.2. The highest BCUT2D eigenvalue weighted by Gasteiger charge is 2.32. The van der Waals surface area contributed by atoms with Crippen molar-refractivity contribution in [1.29, 1.82) is 0 Å². The lowest BCUT2D eigenvalue weighted by atomic mass is 10.2. The van der Waals surface area contributed by atoms with Gasteiger partial charge >= 0.3 is 0 Å². The maximum absolute atomic E-state index is 11.7. The summed E-state index contributed by atoms with van der Waals surface area (Å²) in [4.78, 5) is 3.95. The molecular weight excluding hydrogens is 222 g/mol. The van der Waals surface area contributed by atoms with E-state index in [0.717, 1.165) is 12.8 Å².